The molecule has 0 unspecified atom stereocenters. The molecule has 0 aliphatic heterocycles. The highest BCUT2D eigenvalue weighted by atomic mass is 127. The first kappa shape index (κ1) is 22.2. The number of likely N-dealkylation sites (N-methyl/N-ethyl adjacent to an activating group) is 1. The maximum Gasteiger partial charge on any atom is 0.243 e. The lowest BCUT2D eigenvalue weighted by Crippen LogP contribution is -2.41. The Bertz CT molecular complexity index is 463. The molecular formula is C16H29IN4OS. The molecular weight excluding hydrogens is 423 g/mol. The molecule has 5 nitrogen and oxygen atoms in total. The predicted molar refractivity (Wildman–Crippen MR) is 110 cm³/mol. The summed E-state index contributed by atoms with van der Waals surface area (Å²) in [6.45, 7) is 4.12. The number of nitrogens with zero attached hydrogens (tertiary/aromatic N) is 3. The fourth-order valence-corrected chi connectivity index (χ4v) is 2.56. The summed E-state index contributed by atoms with van der Waals surface area (Å²) < 4.78 is 0. The van der Waals surface area contributed by atoms with Crippen LogP contribution in [0.5, 0.6) is 0 Å². The number of amides is 1. The number of rotatable bonds is 8. The first-order valence-corrected chi connectivity index (χ1v) is 8.64. The molecule has 0 saturated carbocycles. The number of nitrogens with one attached hydrogen (secondary N) is 1. The molecule has 1 amide bonds. The molecule has 7 heteroatoms. The molecule has 1 aromatic heterocycles. The Morgan fingerprint density at radius 2 is 2.09 bits per heavy atom. The number of hydrogen-bond donors (Lipinski definition) is 1. The van der Waals surface area contributed by atoms with Gasteiger partial charge in [0, 0.05) is 39.1 Å². The second kappa shape index (κ2) is 12.6. The van der Waals surface area contributed by atoms with Crippen molar-refractivity contribution >= 4 is 47.2 Å². The number of thiophene rings is 1. The zero-order chi connectivity index (χ0) is 16.4. The zero-order valence-corrected chi connectivity index (χ0v) is 17.7. The van der Waals surface area contributed by atoms with E-state index >= 15 is 0 Å². The fourth-order valence-electron chi connectivity index (χ4n) is 1.85. The SMILES string of the molecule is CCCCN(C)C(=NCC(=O)N(C)C)NCCc1cccs1.I. The van der Waals surface area contributed by atoms with E-state index in [0.717, 1.165) is 38.3 Å². The Morgan fingerprint density at radius 1 is 1.35 bits per heavy atom. The summed E-state index contributed by atoms with van der Waals surface area (Å²) in [6, 6.07) is 4.21. The smallest absolute Gasteiger partial charge is 0.243 e. The summed E-state index contributed by atoms with van der Waals surface area (Å²) in [6.07, 6.45) is 3.23. The number of aliphatic imine (C=N–C) groups is 1. The summed E-state index contributed by atoms with van der Waals surface area (Å²) >= 11 is 1.76. The highest BCUT2D eigenvalue weighted by Gasteiger charge is 2.08. The van der Waals surface area contributed by atoms with Crippen molar-refractivity contribution in [1.82, 2.24) is 15.1 Å². The molecule has 0 spiro atoms. The predicted octanol–water partition coefficient (Wildman–Crippen LogP) is 2.67. The fraction of sp³-hybridized carbons (Fsp3) is 0.625. The van der Waals surface area contributed by atoms with Gasteiger partial charge in [0.15, 0.2) is 5.96 Å². The average molecular weight is 452 g/mol. The Labute approximate surface area is 161 Å². The molecule has 23 heavy (non-hydrogen) atoms. The van der Waals surface area contributed by atoms with Crippen molar-refractivity contribution in [2.45, 2.75) is 26.2 Å². The highest BCUT2D eigenvalue weighted by Crippen LogP contribution is 2.08. The molecule has 0 aliphatic rings. The van der Waals surface area contributed by atoms with Crippen LogP contribution in [0.3, 0.4) is 0 Å². The van der Waals surface area contributed by atoms with Crippen LogP contribution in [0.4, 0.5) is 0 Å². The van der Waals surface area contributed by atoms with E-state index in [2.05, 4.69) is 39.6 Å². The van der Waals surface area contributed by atoms with E-state index in [1.54, 1.807) is 30.3 Å². The normalized spacial score (nSPS) is 10.9. The van der Waals surface area contributed by atoms with Crippen molar-refractivity contribution in [3.8, 4) is 0 Å². The van der Waals surface area contributed by atoms with Gasteiger partial charge in [-0.05, 0) is 24.3 Å². The molecule has 1 aromatic rings. The number of carbonyl (C=O) groups excluding carboxylic acids is 1. The van der Waals surface area contributed by atoms with Gasteiger partial charge in [-0.15, -0.1) is 35.3 Å². The largest absolute Gasteiger partial charge is 0.356 e. The molecule has 0 aliphatic carbocycles. The van der Waals surface area contributed by atoms with Crippen molar-refractivity contribution in [3.05, 3.63) is 22.4 Å². The van der Waals surface area contributed by atoms with Crippen LogP contribution < -0.4 is 5.32 Å². The second-order valence-electron chi connectivity index (χ2n) is 5.46. The summed E-state index contributed by atoms with van der Waals surface area (Å²) in [4.78, 5) is 21.2. The van der Waals surface area contributed by atoms with Gasteiger partial charge in [-0.3, -0.25) is 4.79 Å². The zero-order valence-electron chi connectivity index (χ0n) is 14.5. The minimum Gasteiger partial charge on any atom is -0.356 e. The highest BCUT2D eigenvalue weighted by molar-refractivity contribution is 14.0. The van der Waals surface area contributed by atoms with Crippen LogP contribution in [0.25, 0.3) is 0 Å². The van der Waals surface area contributed by atoms with Gasteiger partial charge in [0.1, 0.15) is 6.54 Å². The monoisotopic (exact) mass is 452 g/mol. The van der Waals surface area contributed by atoms with Gasteiger partial charge in [0.05, 0.1) is 0 Å². The molecule has 1 rings (SSSR count). The van der Waals surface area contributed by atoms with E-state index in [1.807, 2.05) is 7.05 Å². The number of carbonyl (C=O) groups is 1. The number of halogens is 1. The van der Waals surface area contributed by atoms with Crippen LogP contribution in [-0.2, 0) is 11.2 Å². The van der Waals surface area contributed by atoms with Crippen LogP contribution in [-0.4, -0.2) is 62.4 Å². The first-order valence-electron chi connectivity index (χ1n) is 7.76. The standard InChI is InChI=1S/C16H28N4OS.HI/c1-5-6-11-20(4)16(18-13-15(21)19(2)3)17-10-9-14-8-7-12-22-14;/h7-8,12H,5-6,9-11,13H2,1-4H3,(H,17,18);1H. The maximum absolute atomic E-state index is 11.7. The summed E-state index contributed by atoms with van der Waals surface area (Å²) in [5, 5.41) is 5.46. The minimum atomic E-state index is 0. The van der Waals surface area contributed by atoms with E-state index in [9.17, 15) is 4.79 Å². The second-order valence-corrected chi connectivity index (χ2v) is 6.49. The molecule has 1 heterocycles. The van der Waals surface area contributed by atoms with Gasteiger partial charge in [0.25, 0.3) is 0 Å². The lowest BCUT2D eigenvalue weighted by atomic mass is 10.3. The first-order chi connectivity index (χ1) is 10.5. The van der Waals surface area contributed by atoms with E-state index in [0.29, 0.717) is 0 Å². The van der Waals surface area contributed by atoms with Gasteiger partial charge in [0.2, 0.25) is 5.91 Å². The van der Waals surface area contributed by atoms with E-state index < -0.39 is 0 Å². The van der Waals surface area contributed by atoms with Gasteiger partial charge in [-0.25, -0.2) is 4.99 Å². The molecule has 0 fully saturated rings. The van der Waals surface area contributed by atoms with Crippen LogP contribution >= 0.6 is 35.3 Å². The van der Waals surface area contributed by atoms with Gasteiger partial charge in [-0.2, -0.15) is 0 Å². The molecule has 0 atom stereocenters. The Morgan fingerprint density at radius 3 is 2.65 bits per heavy atom. The minimum absolute atomic E-state index is 0. The lowest BCUT2D eigenvalue weighted by Gasteiger charge is -2.22. The average Bonchev–Trinajstić information content (AvgIpc) is 3.00. The van der Waals surface area contributed by atoms with Gasteiger partial charge >= 0.3 is 0 Å². The summed E-state index contributed by atoms with van der Waals surface area (Å²) in [7, 11) is 5.53. The Balaban J connectivity index is 0.00000484. The maximum atomic E-state index is 11.7. The van der Waals surface area contributed by atoms with Gasteiger partial charge < -0.3 is 15.1 Å². The van der Waals surface area contributed by atoms with Crippen molar-refractivity contribution in [3.63, 3.8) is 0 Å². The summed E-state index contributed by atoms with van der Waals surface area (Å²) in [5.41, 5.74) is 0. The van der Waals surface area contributed by atoms with Gasteiger partial charge in [-0.1, -0.05) is 19.4 Å². The molecule has 0 bridgehead atoms. The summed E-state index contributed by atoms with van der Waals surface area (Å²) in [5.74, 6) is 0.821. The Kier molecular flexibility index (Phi) is 12.1. The molecule has 132 valence electrons. The number of hydrogen-bond acceptors (Lipinski definition) is 3. The third-order valence-electron chi connectivity index (χ3n) is 3.31. The number of unbranched alkanes of at least 4 members (excludes halogenated alkanes) is 1. The van der Waals surface area contributed by atoms with E-state index in [4.69, 9.17) is 0 Å². The third kappa shape index (κ3) is 9.14. The van der Waals surface area contributed by atoms with Crippen molar-refractivity contribution in [2.24, 2.45) is 4.99 Å². The van der Waals surface area contributed by atoms with Crippen LogP contribution in [0.2, 0.25) is 0 Å². The topological polar surface area (TPSA) is 47.9 Å². The molecule has 1 N–H and O–H groups in total. The molecule has 0 aromatic carbocycles. The third-order valence-corrected chi connectivity index (χ3v) is 4.24. The number of guanidine groups is 1. The van der Waals surface area contributed by atoms with Crippen molar-refractivity contribution in [2.75, 3.05) is 40.8 Å². The Hall–Kier alpha value is -0.830. The molecule has 0 radical (unpaired) electrons. The molecule has 0 saturated heterocycles. The van der Waals surface area contributed by atoms with Crippen molar-refractivity contribution in [1.29, 1.82) is 0 Å². The van der Waals surface area contributed by atoms with Crippen molar-refractivity contribution < 1.29 is 4.79 Å². The van der Waals surface area contributed by atoms with Crippen LogP contribution in [0, 0.1) is 0 Å². The lowest BCUT2D eigenvalue weighted by molar-refractivity contribution is -0.127. The quantitative estimate of drug-likeness (QED) is 0.375. The van der Waals surface area contributed by atoms with E-state index in [1.165, 1.54) is 4.88 Å². The van der Waals surface area contributed by atoms with Crippen LogP contribution in [0.15, 0.2) is 22.5 Å². The van der Waals surface area contributed by atoms with E-state index in [-0.39, 0.29) is 36.4 Å². The van der Waals surface area contributed by atoms with Crippen LogP contribution in [0.1, 0.15) is 24.6 Å².